The maximum absolute atomic E-state index is 11.7. The van der Waals surface area contributed by atoms with Crippen molar-refractivity contribution in [2.75, 3.05) is 20.6 Å². The zero-order valence-corrected chi connectivity index (χ0v) is 10.3. The monoisotopic (exact) mass is 232 g/mol. The van der Waals surface area contributed by atoms with Crippen LogP contribution in [-0.4, -0.2) is 48.6 Å². The fourth-order valence-electron chi connectivity index (χ4n) is 1.43. The van der Waals surface area contributed by atoms with Crippen molar-refractivity contribution in [3.63, 3.8) is 0 Å². The van der Waals surface area contributed by atoms with Gasteiger partial charge in [-0.1, -0.05) is 19.8 Å². The van der Waals surface area contributed by atoms with E-state index >= 15 is 0 Å². The Bertz CT molecular complexity index is 229. The number of amides is 1. The van der Waals surface area contributed by atoms with E-state index in [4.69, 9.17) is 5.11 Å². The summed E-state index contributed by atoms with van der Waals surface area (Å²) in [4.78, 5) is 23.9. The predicted molar refractivity (Wildman–Crippen MR) is 62.3 cm³/mol. The van der Waals surface area contributed by atoms with Crippen LogP contribution >= 0.6 is 0 Å². The van der Waals surface area contributed by atoms with Gasteiger partial charge in [-0.2, -0.15) is 0 Å². The second-order valence-electron chi connectivity index (χ2n) is 4.06. The van der Waals surface area contributed by atoms with Crippen molar-refractivity contribution in [3.05, 3.63) is 0 Å². The molecule has 0 radical (unpaired) electrons. The maximum atomic E-state index is 11.7. The lowest BCUT2D eigenvalue weighted by Gasteiger charge is -2.23. The first-order valence-corrected chi connectivity index (χ1v) is 5.65. The quantitative estimate of drug-likeness (QED) is 0.604. The summed E-state index contributed by atoms with van der Waals surface area (Å²) in [5.74, 6) is -0.977. The van der Waals surface area contributed by atoms with E-state index in [0.717, 1.165) is 19.3 Å². The van der Waals surface area contributed by atoms with Gasteiger partial charge in [-0.3, -0.25) is 14.5 Å². The molecule has 1 amide bonds. The number of rotatable bonds is 8. The number of carbonyl (C=O) groups is 2. The molecular weight excluding hydrogens is 210 g/mol. The number of likely N-dealkylation sites (N-methyl/N-ethyl adjacent to an activating group) is 1. The molecule has 0 bridgehead atoms. The summed E-state index contributed by atoms with van der Waals surface area (Å²) in [6.45, 7) is 2.28. The zero-order valence-electron chi connectivity index (χ0n) is 10.3. The molecule has 0 aromatic carbocycles. The van der Waals surface area contributed by atoms with Crippen molar-refractivity contribution in [2.24, 2.45) is 0 Å². The Balaban J connectivity index is 4.01. The summed E-state index contributed by atoms with van der Waals surface area (Å²) in [5, 5.41) is 11.1. The van der Waals surface area contributed by atoms with Gasteiger partial charge in [-0.05, 0) is 20.5 Å². The van der Waals surface area contributed by atoms with E-state index in [2.05, 4.69) is 12.2 Å². The molecule has 2 N–H and O–H groups in total. The molecule has 5 nitrogen and oxygen atoms in total. The van der Waals surface area contributed by atoms with Crippen molar-refractivity contribution in [3.8, 4) is 0 Å². The predicted octanol–water partition coefficient (Wildman–Crippen LogP) is 0.698. The lowest BCUT2D eigenvalue weighted by atomic mass is 10.1. The molecule has 5 heteroatoms. The molecule has 0 rings (SSSR count). The minimum absolute atomic E-state index is 0.0281. The van der Waals surface area contributed by atoms with Gasteiger partial charge in [0.05, 0.1) is 12.5 Å². The lowest BCUT2D eigenvalue weighted by Crippen LogP contribution is -2.44. The van der Waals surface area contributed by atoms with Crippen molar-refractivity contribution in [1.82, 2.24) is 10.2 Å². The molecule has 0 heterocycles. The summed E-state index contributed by atoms with van der Waals surface area (Å²) >= 11 is 0. The van der Waals surface area contributed by atoms with Crippen LogP contribution in [-0.2, 0) is 9.59 Å². The topological polar surface area (TPSA) is 69.6 Å². The van der Waals surface area contributed by atoms with Crippen LogP contribution in [0.4, 0.5) is 0 Å². The van der Waals surface area contributed by atoms with Crippen LogP contribution < -0.4 is 5.32 Å². The highest BCUT2D eigenvalue weighted by Gasteiger charge is 2.19. The van der Waals surface area contributed by atoms with Crippen LogP contribution in [0.15, 0.2) is 0 Å². The molecule has 0 saturated heterocycles. The fourth-order valence-corrected chi connectivity index (χ4v) is 1.43. The molecule has 0 aromatic rings. The average molecular weight is 232 g/mol. The number of nitrogens with zero attached hydrogens (tertiary/aromatic N) is 1. The number of hydrogen-bond acceptors (Lipinski definition) is 3. The van der Waals surface area contributed by atoms with E-state index in [-0.39, 0.29) is 24.9 Å². The summed E-state index contributed by atoms with van der Waals surface area (Å²) in [6.07, 6.45) is 2.82. The Morgan fingerprint density at radius 3 is 2.44 bits per heavy atom. The van der Waals surface area contributed by atoms with Gasteiger partial charge in [0.15, 0.2) is 0 Å². The summed E-state index contributed by atoms with van der Waals surface area (Å²) in [5.41, 5.74) is 0. The van der Waals surface area contributed by atoms with Gasteiger partial charge in [0.25, 0.3) is 0 Å². The maximum Gasteiger partial charge on any atom is 0.305 e. The van der Waals surface area contributed by atoms with Gasteiger partial charge in [0, 0.05) is 6.54 Å². The zero-order chi connectivity index (χ0) is 12.6. The molecular formula is C11H22N2O3. The van der Waals surface area contributed by atoms with Crippen LogP contribution in [0.25, 0.3) is 0 Å². The Labute approximate surface area is 96.8 Å². The smallest absolute Gasteiger partial charge is 0.305 e. The summed E-state index contributed by atoms with van der Waals surface area (Å²) in [6, 6.07) is -0.159. The number of aliphatic carboxylic acids is 1. The SMILES string of the molecule is CN(C)C(CCC[13CH3])C(=O)N[13CH2]CC(=O)O. The Morgan fingerprint density at radius 2 is 2.00 bits per heavy atom. The minimum Gasteiger partial charge on any atom is -0.481 e. The van der Waals surface area contributed by atoms with Crippen molar-refractivity contribution in [1.29, 1.82) is 0 Å². The van der Waals surface area contributed by atoms with E-state index < -0.39 is 5.97 Å². The number of carboxylic acid groups (broad SMARTS) is 1. The van der Waals surface area contributed by atoms with Crippen LogP contribution in [0, 0.1) is 0 Å². The first-order chi connectivity index (χ1) is 7.49. The molecule has 0 fully saturated rings. The molecule has 0 aromatic heterocycles. The molecule has 1 atom stereocenters. The molecule has 1 unspecified atom stereocenters. The van der Waals surface area contributed by atoms with E-state index in [0.29, 0.717) is 0 Å². The second-order valence-corrected chi connectivity index (χ2v) is 4.06. The number of carboxylic acids is 1. The average Bonchev–Trinajstić information content (AvgIpc) is 2.17. The van der Waals surface area contributed by atoms with Gasteiger partial charge in [-0.25, -0.2) is 0 Å². The van der Waals surface area contributed by atoms with Gasteiger partial charge < -0.3 is 10.4 Å². The van der Waals surface area contributed by atoms with Gasteiger partial charge >= 0.3 is 5.97 Å². The fraction of sp³-hybridized carbons (Fsp3) is 0.818. The summed E-state index contributed by atoms with van der Waals surface area (Å²) < 4.78 is 0. The van der Waals surface area contributed by atoms with E-state index in [1.54, 1.807) is 0 Å². The Hall–Kier alpha value is -1.10. The minimum atomic E-state index is -0.893. The second kappa shape index (κ2) is 8.10. The molecule has 94 valence electrons. The van der Waals surface area contributed by atoms with Crippen LogP contribution in [0.5, 0.6) is 0 Å². The van der Waals surface area contributed by atoms with E-state index in [1.807, 2.05) is 19.0 Å². The molecule has 0 aliphatic rings. The number of carbonyl (C=O) groups excluding carboxylic acids is 1. The van der Waals surface area contributed by atoms with E-state index in [1.165, 1.54) is 0 Å². The third-order valence-electron chi connectivity index (χ3n) is 2.40. The first kappa shape index (κ1) is 14.9. The standard InChI is InChI=1S/C11H22N2O3/c1-4-5-6-9(13(2)3)11(16)12-8-7-10(14)15/h9H,4-8H2,1-3H3,(H,12,16)(H,14,15)/i1+1,8+1. The molecule has 0 spiro atoms. The molecule has 0 saturated carbocycles. The third-order valence-corrected chi connectivity index (χ3v) is 2.40. The lowest BCUT2D eigenvalue weighted by molar-refractivity contribution is -0.137. The van der Waals surface area contributed by atoms with Crippen molar-refractivity contribution < 1.29 is 14.7 Å². The molecule has 16 heavy (non-hydrogen) atoms. The third kappa shape index (κ3) is 6.40. The van der Waals surface area contributed by atoms with Crippen LogP contribution in [0.1, 0.15) is 32.6 Å². The first-order valence-electron chi connectivity index (χ1n) is 5.65. The number of unbranched alkanes of at least 4 members (excludes halogenated alkanes) is 1. The highest BCUT2D eigenvalue weighted by molar-refractivity contribution is 5.82. The largest absolute Gasteiger partial charge is 0.481 e. The highest BCUT2D eigenvalue weighted by atomic mass is 16.4. The van der Waals surface area contributed by atoms with Gasteiger partial charge in [0.2, 0.25) is 5.91 Å². The van der Waals surface area contributed by atoms with Crippen LogP contribution in [0.3, 0.4) is 0 Å². The van der Waals surface area contributed by atoms with Crippen LogP contribution in [0.2, 0.25) is 0 Å². The molecule has 0 aliphatic heterocycles. The highest BCUT2D eigenvalue weighted by Crippen LogP contribution is 2.05. The van der Waals surface area contributed by atoms with E-state index in [9.17, 15) is 9.59 Å². The van der Waals surface area contributed by atoms with Crippen molar-refractivity contribution in [2.45, 2.75) is 38.6 Å². The Morgan fingerprint density at radius 1 is 1.38 bits per heavy atom. The van der Waals surface area contributed by atoms with Crippen molar-refractivity contribution >= 4 is 11.9 Å². The summed E-state index contributed by atoms with van der Waals surface area (Å²) in [7, 11) is 3.72. The molecule has 0 aliphatic carbocycles. The normalized spacial score (nSPS) is 12.5. The number of hydrogen-bond donors (Lipinski definition) is 2. The number of nitrogens with one attached hydrogen (secondary N) is 1. The van der Waals surface area contributed by atoms with Gasteiger partial charge in [0.1, 0.15) is 0 Å². The van der Waals surface area contributed by atoms with Gasteiger partial charge in [-0.15, -0.1) is 0 Å². The Kier molecular flexibility index (Phi) is 7.54.